The molecule has 0 aliphatic carbocycles. The van der Waals surface area contributed by atoms with Crippen LogP contribution in [-0.4, -0.2) is 54.3 Å². The number of carbonyl (C=O) groups excluding carboxylic acids is 2. The molecule has 2 amide bonds. The third-order valence-electron chi connectivity index (χ3n) is 6.58. The van der Waals surface area contributed by atoms with Gasteiger partial charge in [0.1, 0.15) is 0 Å². The van der Waals surface area contributed by atoms with Crippen LogP contribution in [0.1, 0.15) is 42.9 Å². The minimum atomic E-state index is -0.249. The lowest BCUT2D eigenvalue weighted by Crippen LogP contribution is -2.42. The van der Waals surface area contributed by atoms with Crippen LogP contribution in [-0.2, 0) is 16.0 Å². The van der Waals surface area contributed by atoms with Crippen LogP contribution in [0.15, 0.2) is 60.7 Å². The van der Waals surface area contributed by atoms with Crippen molar-refractivity contribution in [1.29, 1.82) is 0 Å². The van der Waals surface area contributed by atoms with Gasteiger partial charge in [-0.3, -0.25) is 14.5 Å². The first-order chi connectivity index (χ1) is 15.2. The van der Waals surface area contributed by atoms with Crippen molar-refractivity contribution in [2.24, 2.45) is 5.92 Å². The Kier molecular flexibility index (Phi) is 7.36. The van der Waals surface area contributed by atoms with Crippen molar-refractivity contribution in [3.63, 3.8) is 0 Å². The first kappa shape index (κ1) is 21.6. The summed E-state index contributed by atoms with van der Waals surface area (Å²) >= 11 is 0. The summed E-state index contributed by atoms with van der Waals surface area (Å²) < 4.78 is 0. The number of carbonyl (C=O) groups is 2. The van der Waals surface area contributed by atoms with E-state index in [1.807, 2.05) is 29.2 Å². The molecular weight excluding hydrogens is 386 g/mol. The second-order valence-corrected chi connectivity index (χ2v) is 8.74. The molecule has 2 aromatic carbocycles. The maximum absolute atomic E-state index is 12.9. The molecule has 5 heteroatoms. The Hall–Kier alpha value is -2.66. The number of hydrogen-bond acceptors (Lipinski definition) is 3. The zero-order valence-corrected chi connectivity index (χ0v) is 18.2. The largest absolute Gasteiger partial charge is 0.354 e. The summed E-state index contributed by atoms with van der Waals surface area (Å²) in [5.74, 6) is -0.152. The minimum Gasteiger partial charge on any atom is -0.354 e. The van der Waals surface area contributed by atoms with Crippen LogP contribution >= 0.6 is 0 Å². The van der Waals surface area contributed by atoms with E-state index in [4.69, 9.17) is 0 Å². The summed E-state index contributed by atoms with van der Waals surface area (Å²) in [7, 11) is 0. The standard InChI is InChI=1S/C26H33N3O2/c30-25-18-23(20-29(25)17-14-21-10-4-1-5-11-21)26(31)27-19-24(22-12-6-2-7-13-22)28-15-8-3-9-16-28/h1-2,4-7,10-13,23-24H,3,8-9,14-20H2,(H,27,31). The maximum Gasteiger partial charge on any atom is 0.225 e. The van der Waals surface area contributed by atoms with Gasteiger partial charge >= 0.3 is 0 Å². The number of amides is 2. The van der Waals surface area contributed by atoms with Crippen molar-refractivity contribution in [2.75, 3.05) is 32.7 Å². The van der Waals surface area contributed by atoms with Crippen LogP contribution < -0.4 is 5.32 Å². The van der Waals surface area contributed by atoms with Crippen molar-refractivity contribution in [1.82, 2.24) is 15.1 Å². The zero-order valence-electron chi connectivity index (χ0n) is 18.2. The Bertz CT molecular complexity index is 849. The van der Waals surface area contributed by atoms with Gasteiger partial charge in [0.15, 0.2) is 0 Å². The molecule has 0 saturated carbocycles. The number of nitrogens with one attached hydrogen (secondary N) is 1. The van der Waals surface area contributed by atoms with Gasteiger partial charge in [0.25, 0.3) is 0 Å². The normalized spacial score (nSPS) is 20.6. The van der Waals surface area contributed by atoms with Crippen molar-refractivity contribution >= 4 is 11.8 Å². The SMILES string of the molecule is O=C(NCC(c1ccccc1)N1CCCCC1)C1CC(=O)N(CCc2ccccc2)C1. The molecule has 31 heavy (non-hydrogen) atoms. The first-order valence-corrected chi connectivity index (χ1v) is 11.6. The van der Waals surface area contributed by atoms with E-state index < -0.39 is 0 Å². The maximum atomic E-state index is 12.9. The highest BCUT2D eigenvalue weighted by molar-refractivity contribution is 5.89. The molecule has 164 valence electrons. The van der Waals surface area contributed by atoms with E-state index in [0.29, 0.717) is 26.1 Å². The van der Waals surface area contributed by atoms with Gasteiger partial charge in [0, 0.05) is 26.1 Å². The summed E-state index contributed by atoms with van der Waals surface area (Å²) in [6.45, 7) is 3.94. The fourth-order valence-electron chi connectivity index (χ4n) is 4.78. The Labute approximate surface area is 185 Å². The average Bonchev–Trinajstić information content (AvgIpc) is 3.20. The number of rotatable bonds is 8. The molecule has 0 radical (unpaired) electrons. The molecule has 4 rings (SSSR count). The van der Waals surface area contributed by atoms with E-state index in [9.17, 15) is 9.59 Å². The van der Waals surface area contributed by atoms with Crippen molar-refractivity contribution < 1.29 is 9.59 Å². The minimum absolute atomic E-state index is 0.00787. The van der Waals surface area contributed by atoms with E-state index in [-0.39, 0.29) is 23.8 Å². The fourth-order valence-corrected chi connectivity index (χ4v) is 4.78. The molecule has 1 N–H and O–H groups in total. The van der Waals surface area contributed by atoms with Gasteiger partial charge < -0.3 is 10.2 Å². The summed E-state index contributed by atoms with van der Waals surface area (Å²) in [5, 5.41) is 3.18. The Morgan fingerprint density at radius 1 is 0.968 bits per heavy atom. The van der Waals surface area contributed by atoms with Gasteiger partial charge in [-0.1, -0.05) is 67.1 Å². The summed E-state index contributed by atoms with van der Waals surface area (Å²) in [5.41, 5.74) is 2.46. The van der Waals surface area contributed by atoms with Crippen molar-refractivity contribution in [3.05, 3.63) is 71.8 Å². The van der Waals surface area contributed by atoms with E-state index in [0.717, 1.165) is 19.5 Å². The summed E-state index contributed by atoms with van der Waals surface area (Å²) in [6.07, 6.45) is 4.86. The fraction of sp³-hybridized carbons (Fsp3) is 0.462. The van der Waals surface area contributed by atoms with Gasteiger partial charge in [-0.25, -0.2) is 0 Å². The molecule has 0 aromatic heterocycles. The van der Waals surface area contributed by atoms with E-state index in [1.54, 1.807) is 0 Å². The van der Waals surface area contributed by atoms with Crippen LogP contribution in [0.3, 0.4) is 0 Å². The van der Waals surface area contributed by atoms with Crippen LogP contribution in [0.5, 0.6) is 0 Å². The lowest BCUT2D eigenvalue weighted by atomic mass is 10.0. The van der Waals surface area contributed by atoms with E-state index in [2.05, 4.69) is 46.6 Å². The van der Waals surface area contributed by atoms with Crippen molar-refractivity contribution in [2.45, 2.75) is 38.1 Å². The molecule has 2 aliphatic heterocycles. The predicted molar refractivity (Wildman–Crippen MR) is 122 cm³/mol. The number of piperidine rings is 1. The van der Waals surface area contributed by atoms with Crippen LogP contribution in [0.4, 0.5) is 0 Å². The number of hydrogen-bond donors (Lipinski definition) is 1. The number of benzene rings is 2. The molecule has 2 unspecified atom stereocenters. The summed E-state index contributed by atoms with van der Waals surface area (Å²) in [6, 6.07) is 20.8. The Morgan fingerprint density at radius 2 is 1.65 bits per heavy atom. The highest BCUT2D eigenvalue weighted by Gasteiger charge is 2.34. The zero-order chi connectivity index (χ0) is 21.5. The predicted octanol–water partition coefficient (Wildman–Crippen LogP) is 3.42. The van der Waals surface area contributed by atoms with Crippen LogP contribution in [0, 0.1) is 5.92 Å². The second-order valence-electron chi connectivity index (χ2n) is 8.74. The molecule has 2 aliphatic rings. The molecule has 2 aromatic rings. The van der Waals surface area contributed by atoms with Gasteiger partial charge in [-0.2, -0.15) is 0 Å². The third-order valence-corrected chi connectivity index (χ3v) is 6.58. The van der Waals surface area contributed by atoms with Gasteiger partial charge in [-0.15, -0.1) is 0 Å². The highest BCUT2D eigenvalue weighted by atomic mass is 16.2. The molecule has 2 atom stereocenters. The Balaban J connectivity index is 1.32. The lowest BCUT2D eigenvalue weighted by molar-refractivity contribution is -0.129. The molecule has 2 heterocycles. The molecule has 2 fully saturated rings. The van der Waals surface area contributed by atoms with Crippen molar-refractivity contribution in [3.8, 4) is 0 Å². The lowest BCUT2D eigenvalue weighted by Gasteiger charge is -2.35. The average molecular weight is 420 g/mol. The number of nitrogens with zero attached hydrogens (tertiary/aromatic N) is 2. The topological polar surface area (TPSA) is 52.7 Å². The second kappa shape index (κ2) is 10.6. The van der Waals surface area contributed by atoms with E-state index >= 15 is 0 Å². The molecular formula is C26H33N3O2. The Morgan fingerprint density at radius 3 is 2.35 bits per heavy atom. The monoisotopic (exact) mass is 419 g/mol. The van der Waals surface area contributed by atoms with Gasteiger partial charge in [-0.05, 0) is 43.5 Å². The quantitative estimate of drug-likeness (QED) is 0.713. The summed E-state index contributed by atoms with van der Waals surface area (Å²) in [4.78, 5) is 29.7. The third kappa shape index (κ3) is 5.73. The molecule has 2 saturated heterocycles. The molecule has 0 bridgehead atoms. The van der Waals surface area contributed by atoms with E-state index in [1.165, 1.54) is 30.4 Å². The highest BCUT2D eigenvalue weighted by Crippen LogP contribution is 2.25. The van der Waals surface area contributed by atoms with Gasteiger partial charge in [0.2, 0.25) is 11.8 Å². The first-order valence-electron chi connectivity index (χ1n) is 11.6. The number of likely N-dealkylation sites (tertiary alicyclic amines) is 2. The molecule has 0 spiro atoms. The van der Waals surface area contributed by atoms with Crippen LogP contribution in [0.25, 0.3) is 0 Å². The molecule has 5 nitrogen and oxygen atoms in total. The van der Waals surface area contributed by atoms with Gasteiger partial charge in [0.05, 0.1) is 12.0 Å². The smallest absolute Gasteiger partial charge is 0.225 e. The van der Waals surface area contributed by atoms with Crippen LogP contribution in [0.2, 0.25) is 0 Å².